The summed E-state index contributed by atoms with van der Waals surface area (Å²) in [7, 11) is 5.33. The van der Waals surface area contributed by atoms with Crippen LogP contribution >= 0.6 is 0 Å². The van der Waals surface area contributed by atoms with Gasteiger partial charge in [-0.05, 0) is 17.1 Å². The van der Waals surface area contributed by atoms with Gasteiger partial charge >= 0.3 is 0 Å². The normalized spacial score (nSPS) is 12.9. The van der Waals surface area contributed by atoms with Gasteiger partial charge in [-0.15, -0.1) is 0 Å². The van der Waals surface area contributed by atoms with Crippen molar-refractivity contribution in [2.75, 3.05) is 0 Å². The van der Waals surface area contributed by atoms with Crippen molar-refractivity contribution < 1.29 is 8.76 Å². The van der Waals surface area contributed by atoms with Gasteiger partial charge in [0.15, 0.2) is 0 Å². The summed E-state index contributed by atoms with van der Waals surface area (Å²) in [5.74, 6) is 0. The minimum atomic E-state index is -2.22. The van der Waals surface area contributed by atoms with Gasteiger partial charge in [0.25, 0.3) is 0 Å². The van der Waals surface area contributed by atoms with Crippen molar-refractivity contribution in [1.82, 2.24) is 0 Å². The molecule has 0 aliphatic heterocycles. The molecule has 2 radical (unpaired) electrons. The summed E-state index contributed by atoms with van der Waals surface area (Å²) in [6.07, 6.45) is 0. The van der Waals surface area contributed by atoms with Crippen molar-refractivity contribution in [2.45, 2.75) is 4.90 Å². The van der Waals surface area contributed by atoms with Crippen LogP contribution in [0, 0.1) is 0 Å². The van der Waals surface area contributed by atoms with Crippen LogP contribution in [-0.2, 0) is 11.1 Å². The lowest BCUT2D eigenvalue weighted by molar-refractivity contribution is 0.537. The van der Waals surface area contributed by atoms with Gasteiger partial charge in [-0.3, -0.25) is 4.21 Å². The van der Waals surface area contributed by atoms with Crippen LogP contribution in [0.2, 0.25) is 0 Å². The molecule has 1 unspecified atom stereocenters. The van der Waals surface area contributed by atoms with Crippen LogP contribution in [0.15, 0.2) is 29.2 Å². The Morgan fingerprint density at radius 3 is 2.40 bits per heavy atom. The Bertz CT molecular complexity index is 262. The van der Waals surface area contributed by atoms with Crippen molar-refractivity contribution in [3.05, 3.63) is 24.3 Å². The lowest BCUT2D eigenvalue weighted by atomic mass is 9.97. The Morgan fingerprint density at radius 1 is 1.40 bits per heavy atom. The SMILES string of the molecule is [B]c1ccccc1S(=O)[O-]. The van der Waals surface area contributed by atoms with E-state index < -0.39 is 11.1 Å². The van der Waals surface area contributed by atoms with E-state index in [0.717, 1.165) is 0 Å². The number of hydrogen-bond acceptors (Lipinski definition) is 2. The fourth-order valence-electron chi connectivity index (χ4n) is 0.632. The fraction of sp³-hybridized carbons (Fsp3) is 0. The zero-order valence-electron chi connectivity index (χ0n) is 5.11. The first-order valence-electron chi connectivity index (χ1n) is 2.65. The van der Waals surface area contributed by atoms with E-state index in [-0.39, 0.29) is 10.4 Å². The highest BCUT2D eigenvalue weighted by atomic mass is 32.2. The Kier molecular flexibility index (Phi) is 2.24. The zero-order valence-corrected chi connectivity index (χ0v) is 5.93. The van der Waals surface area contributed by atoms with Crippen LogP contribution in [0.3, 0.4) is 0 Å². The Hall–Kier alpha value is -0.605. The van der Waals surface area contributed by atoms with E-state index in [1.807, 2.05) is 0 Å². The molecule has 0 N–H and O–H groups in total. The molecule has 50 valence electrons. The minimum Gasteiger partial charge on any atom is -0.768 e. The molecule has 0 heterocycles. The second kappa shape index (κ2) is 2.99. The van der Waals surface area contributed by atoms with Crippen LogP contribution in [-0.4, -0.2) is 16.6 Å². The highest BCUT2D eigenvalue weighted by molar-refractivity contribution is 7.79. The first-order valence-corrected chi connectivity index (χ1v) is 3.73. The van der Waals surface area contributed by atoms with Crippen LogP contribution in [0.25, 0.3) is 0 Å². The molecule has 0 aromatic heterocycles. The van der Waals surface area contributed by atoms with Gasteiger partial charge in [0.2, 0.25) is 0 Å². The molecule has 0 saturated heterocycles. The fourth-order valence-corrected chi connectivity index (χ4v) is 1.08. The third kappa shape index (κ3) is 1.46. The highest BCUT2D eigenvalue weighted by Crippen LogP contribution is 1.97. The van der Waals surface area contributed by atoms with Gasteiger partial charge in [0, 0.05) is 4.90 Å². The first-order chi connectivity index (χ1) is 4.72. The highest BCUT2D eigenvalue weighted by Gasteiger charge is 1.93. The van der Waals surface area contributed by atoms with Crippen LogP contribution in [0.1, 0.15) is 0 Å². The van der Waals surface area contributed by atoms with Crippen molar-refractivity contribution >= 4 is 24.4 Å². The molecule has 1 atom stereocenters. The molecule has 0 amide bonds. The van der Waals surface area contributed by atoms with Crippen molar-refractivity contribution in [3.63, 3.8) is 0 Å². The number of benzene rings is 1. The Morgan fingerprint density at radius 2 is 2.00 bits per heavy atom. The Balaban J connectivity index is 3.15. The summed E-state index contributed by atoms with van der Waals surface area (Å²) >= 11 is -2.22. The molecule has 0 aliphatic carbocycles. The third-order valence-corrected chi connectivity index (χ3v) is 1.83. The summed E-state index contributed by atoms with van der Waals surface area (Å²) in [4.78, 5) is 0.155. The van der Waals surface area contributed by atoms with E-state index in [2.05, 4.69) is 0 Å². The predicted octanol–water partition coefficient (Wildman–Crippen LogP) is -0.282. The van der Waals surface area contributed by atoms with Crippen molar-refractivity contribution in [2.24, 2.45) is 0 Å². The quantitative estimate of drug-likeness (QED) is 0.409. The molecule has 0 aliphatic rings. The summed E-state index contributed by atoms with van der Waals surface area (Å²) in [5.41, 5.74) is 0.288. The Labute approximate surface area is 63.0 Å². The molecule has 0 bridgehead atoms. The topological polar surface area (TPSA) is 40.1 Å². The largest absolute Gasteiger partial charge is 0.768 e. The third-order valence-electron chi connectivity index (χ3n) is 1.10. The van der Waals surface area contributed by atoms with E-state index >= 15 is 0 Å². The molecule has 1 rings (SSSR count). The molecule has 0 saturated carbocycles. The zero-order chi connectivity index (χ0) is 7.56. The van der Waals surface area contributed by atoms with Crippen molar-refractivity contribution in [3.8, 4) is 0 Å². The maximum absolute atomic E-state index is 10.3. The number of hydrogen-bond donors (Lipinski definition) is 0. The second-order valence-electron chi connectivity index (χ2n) is 1.77. The van der Waals surface area contributed by atoms with Gasteiger partial charge in [0.1, 0.15) is 7.85 Å². The van der Waals surface area contributed by atoms with Gasteiger partial charge in [-0.25, -0.2) is 0 Å². The summed E-state index contributed by atoms with van der Waals surface area (Å²) in [6.45, 7) is 0. The standard InChI is InChI=1S/C6H5BO2S/c7-5-3-1-2-4-6(5)10(8)9/h1-4H,(H,8,9)/p-1. The van der Waals surface area contributed by atoms with E-state index in [9.17, 15) is 8.76 Å². The van der Waals surface area contributed by atoms with Gasteiger partial charge < -0.3 is 4.55 Å². The van der Waals surface area contributed by atoms with E-state index in [1.54, 1.807) is 18.2 Å². The smallest absolute Gasteiger partial charge is 0.115 e. The molecule has 1 aromatic rings. The van der Waals surface area contributed by atoms with Crippen LogP contribution in [0.5, 0.6) is 0 Å². The molecule has 2 nitrogen and oxygen atoms in total. The van der Waals surface area contributed by atoms with E-state index in [0.29, 0.717) is 0 Å². The lowest BCUT2D eigenvalue weighted by Gasteiger charge is -2.07. The van der Waals surface area contributed by atoms with Gasteiger partial charge in [0.05, 0.1) is 0 Å². The van der Waals surface area contributed by atoms with E-state index in [4.69, 9.17) is 7.85 Å². The monoisotopic (exact) mass is 151 g/mol. The average Bonchev–Trinajstić information content (AvgIpc) is 1.88. The summed E-state index contributed by atoms with van der Waals surface area (Å²) in [6, 6.07) is 6.32. The molecular formula is C6H4BO2S-. The first kappa shape index (κ1) is 7.50. The molecule has 10 heavy (non-hydrogen) atoms. The molecule has 1 aromatic carbocycles. The van der Waals surface area contributed by atoms with Crippen LogP contribution in [0.4, 0.5) is 0 Å². The van der Waals surface area contributed by atoms with Gasteiger partial charge in [-0.1, -0.05) is 23.7 Å². The average molecular weight is 151 g/mol. The molecule has 0 spiro atoms. The minimum absolute atomic E-state index is 0.155. The summed E-state index contributed by atoms with van der Waals surface area (Å²) < 4.78 is 20.7. The second-order valence-corrected chi connectivity index (χ2v) is 2.68. The van der Waals surface area contributed by atoms with E-state index in [1.165, 1.54) is 6.07 Å². The van der Waals surface area contributed by atoms with Crippen LogP contribution < -0.4 is 5.46 Å². The molecular weight excluding hydrogens is 147 g/mol. The summed E-state index contributed by atoms with van der Waals surface area (Å²) in [5, 5.41) is 0. The van der Waals surface area contributed by atoms with Gasteiger partial charge in [-0.2, -0.15) is 0 Å². The maximum Gasteiger partial charge on any atom is 0.115 e. The molecule has 0 fully saturated rings. The predicted molar refractivity (Wildman–Crippen MR) is 39.0 cm³/mol. The number of rotatable bonds is 1. The molecule has 4 heteroatoms. The van der Waals surface area contributed by atoms with Crippen molar-refractivity contribution in [1.29, 1.82) is 0 Å². The maximum atomic E-state index is 10.3. The lowest BCUT2D eigenvalue weighted by Crippen LogP contribution is -2.10.